The van der Waals surface area contributed by atoms with Crippen LogP contribution in [0.15, 0.2) is 0 Å². The average molecular weight is 176 g/mol. The Morgan fingerprint density at radius 1 is 1.50 bits per heavy atom. The summed E-state index contributed by atoms with van der Waals surface area (Å²) < 4.78 is 25.1. The van der Waals surface area contributed by atoms with E-state index in [1.54, 1.807) is 0 Å². The van der Waals surface area contributed by atoms with E-state index in [-0.39, 0.29) is 35.3 Å². The fraction of sp³-hybridized carbons (Fsp3) is 1.00. The fourth-order valence-electron chi connectivity index (χ4n) is 0.343. The molecule has 0 saturated carbocycles. The fourth-order valence-corrected chi connectivity index (χ4v) is 1.03. The van der Waals surface area contributed by atoms with E-state index in [0.29, 0.717) is 13.0 Å². The van der Waals surface area contributed by atoms with E-state index in [2.05, 4.69) is 4.18 Å². The summed E-state index contributed by atoms with van der Waals surface area (Å²) in [6.07, 6.45) is 0.455. The second kappa shape index (κ2) is 6.57. The van der Waals surface area contributed by atoms with Crippen molar-refractivity contribution in [3.05, 3.63) is 0 Å². The van der Waals surface area contributed by atoms with Crippen LogP contribution < -0.4 is 5.73 Å². The van der Waals surface area contributed by atoms with Crippen molar-refractivity contribution in [3.8, 4) is 0 Å². The molecule has 0 rings (SSSR count). The minimum Gasteiger partial charge on any atom is -0.330 e. The van der Waals surface area contributed by atoms with Gasteiger partial charge in [-0.1, -0.05) is 0 Å². The van der Waals surface area contributed by atoms with Crippen LogP contribution in [0.2, 0.25) is 0 Å². The maximum absolute atomic E-state index is 10.5. The first kappa shape index (κ1) is 13.5. The second-order valence-electron chi connectivity index (χ2n) is 1.57. The van der Waals surface area contributed by atoms with Crippen molar-refractivity contribution < 1.29 is 12.6 Å². The van der Waals surface area contributed by atoms with Gasteiger partial charge >= 0.3 is 0 Å². The maximum Gasteiger partial charge on any atom is 0.267 e. The van der Waals surface area contributed by atoms with Gasteiger partial charge in [0.1, 0.15) is 0 Å². The third-order valence-electron chi connectivity index (χ3n) is 0.852. The number of hydrogen-bond acceptors (Lipinski definition) is 4. The largest absolute Gasteiger partial charge is 0.330 e. The Morgan fingerprint density at radius 2 is 2.00 bits per heavy atom. The van der Waals surface area contributed by atoms with Crippen LogP contribution in [-0.2, 0) is 14.3 Å². The summed E-state index contributed by atoms with van der Waals surface area (Å²) in [5.41, 5.74) is 5.07. The van der Waals surface area contributed by atoms with E-state index in [1.165, 1.54) is 0 Å². The molecule has 10 heavy (non-hydrogen) atoms. The van der Waals surface area contributed by atoms with E-state index in [0.717, 1.165) is 7.11 Å². The smallest absolute Gasteiger partial charge is 0.267 e. The Labute approximate surface area is 83.5 Å². The van der Waals surface area contributed by atoms with Crippen LogP contribution in [-0.4, -0.2) is 57.4 Å². The summed E-state index contributed by atoms with van der Waals surface area (Å²) in [6, 6.07) is 0. The van der Waals surface area contributed by atoms with Crippen LogP contribution in [0, 0.1) is 0 Å². The third kappa shape index (κ3) is 6.98. The number of rotatable bonds is 4. The minimum atomic E-state index is -3.26. The van der Waals surface area contributed by atoms with Crippen molar-refractivity contribution in [2.24, 2.45) is 5.73 Å². The molecule has 0 bridgehead atoms. The number of nitrogens with two attached hydrogens (primary N) is 1. The summed E-state index contributed by atoms with van der Waals surface area (Å²) in [5.74, 6) is 0.0139. The van der Waals surface area contributed by atoms with Crippen molar-refractivity contribution in [1.82, 2.24) is 0 Å². The maximum atomic E-state index is 10.5. The molecule has 0 atom stereocenters. The van der Waals surface area contributed by atoms with Gasteiger partial charge in [0.15, 0.2) is 0 Å². The summed E-state index contributed by atoms with van der Waals surface area (Å²) >= 11 is 0. The van der Waals surface area contributed by atoms with Crippen LogP contribution in [0.4, 0.5) is 0 Å². The van der Waals surface area contributed by atoms with E-state index in [1.807, 2.05) is 0 Å². The van der Waals surface area contributed by atoms with Crippen molar-refractivity contribution in [2.45, 2.75) is 6.42 Å². The van der Waals surface area contributed by atoms with Crippen molar-refractivity contribution in [1.29, 1.82) is 0 Å². The molecular formula is C4H11NNaO3S. The quantitative estimate of drug-likeness (QED) is 0.437. The molecule has 0 aliphatic heterocycles. The molecule has 0 aliphatic carbocycles. The van der Waals surface area contributed by atoms with Crippen LogP contribution in [0.3, 0.4) is 0 Å². The van der Waals surface area contributed by atoms with E-state index >= 15 is 0 Å². The molecule has 0 aromatic carbocycles. The molecule has 4 nitrogen and oxygen atoms in total. The van der Waals surface area contributed by atoms with Crippen LogP contribution in [0.25, 0.3) is 0 Å². The standard InChI is InChI=1S/C4H11NO3S.Na/c1-8-9(6,7)4-2-3-5;/h2-5H2,1H3;. The second-order valence-corrected chi connectivity index (χ2v) is 3.43. The minimum absolute atomic E-state index is 0. The van der Waals surface area contributed by atoms with Gasteiger partial charge in [-0.2, -0.15) is 8.42 Å². The van der Waals surface area contributed by atoms with E-state index < -0.39 is 10.1 Å². The van der Waals surface area contributed by atoms with E-state index in [9.17, 15) is 8.42 Å². The molecule has 57 valence electrons. The normalized spacial score (nSPS) is 10.6. The van der Waals surface area contributed by atoms with Gasteiger partial charge in [-0.25, -0.2) is 0 Å². The zero-order valence-corrected chi connectivity index (χ0v) is 9.15. The molecular weight excluding hydrogens is 165 g/mol. The van der Waals surface area contributed by atoms with Gasteiger partial charge in [0, 0.05) is 29.6 Å². The van der Waals surface area contributed by atoms with Crippen LogP contribution in [0.1, 0.15) is 6.42 Å². The van der Waals surface area contributed by atoms with Gasteiger partial charge in [0.2, 0.25) is 0 Å². The van der Waals surface area contributed by atoms with E-state index in [4.69, 9.17) is 5.73 Å². The van der Waals surface area contributed by atoms with Crippen molar-refractivity contribution in [2.75, 3.05) is 19.4 Å². The topological polar surface area (TPSA) is 69.4 Å². The van der Waals surface area contributed by atoms with Gasteiger partial charge in [-0.3, -0.25) is 4.18 Å². The average Bonchev–Trinajstić information content (AvgIpc) is 1.84. The molecule has 2 N–H and O–H groups in total. The summed E-state index contributed by atoms with van der Waals surface area (Å²) in [6.45, 7) is 0.378. The molecule has 0 unspecified atom stereocenters. The summed E-state index contributed by atoms with van der Waals surface area (Å²) in [7, 11) is -2.12. The summed E-state index contributed by atoms with van der Waals surface area (Å²) in [5, 5.41) is 0. The molecule has 0 aliphatic rings. The van der Waals surface area contributed by atoms with Crippen molar-refractivity contribution >= 4 is 39.7 Å². The predicted molar refractivity (Wildman–Crippen MR) is 40.2 cm³/mol. The third-order valence-corrected chi connectivity index (χ3v) is 2.15. The Hall–Kier alpha value is 0.870. The molecule has 1 radical (unpaired) electrons. The SMILES string of the molecule is COS(=O)(=O)CCCN.[Na]. The Morgan fingerprint density at radius 3 is 2.30 bits per heavy atom. The molecule has 6 heteroatoms. The first-order valence-corrected chi connectivity index (χ1v) is 4.18. The Balaban J connectivity index is 0. The van der Waals surface area contributed by atoms with Gasteiger partial charge in [-0.05, 0) is 13.0 Å². The molecule has 0 amide bonds. The summed E-state index contributed by atoms with van der Waals surface area (Å²) in [4.78, 5) is 0. The van der Waals surface area contributed by atoms with Crippen LogP contribution >= 0.6 is 0 Å². The van der Waals surface area contributed by atoms with Crippen LogP contribution in [0.5, 0.6) is 0 Å². The zero-order valence-electron chi connectivity index (χ0n) is 6.33. The Bertz CT molecular complexity index is 156. The van der Waals surface area contributed by atoms with Gasteiger partial charge in [0.25, 0.3) is 10.1 Å². The molecule has 0 saturated heterocycles. The molecule has 0 aromatic rings. The first-order chi connectivity index (χ1) is 4.12. The van der Waals surface area contributed by atoms with Gasteiger partial charge in [0.05, 0.1) is 12.9 Å². The predicted octanol–water partition coefficient (Wildman–Crippen LogP) is -1.07. The monoisotopic (exact) mass is 176 g/mol. The van der Waals surface area contributed by atoms with Gasteiger partial charge < -0.3 is 5.73 Å². The van der Waals surface area contributed by atoms with Crippen molar-refractivity contribution in [3.63, 3.8) is 0 Å². The number of hydrogen-bond donors (Lipinski definition) is 1. The van der Waals surface area contributed by atoms with Gasteiger partial charge in [-0.15, -0.1) is 0 Å². The first-order valence-electron chi connectivity index (χ1n) is 2.61. The molecule has 0 fully saturated rings. The zero-order chi connectivity index (χ0) is 7.33. The molecule has 0 spiro atoms. The Kier molecular flexibility index (Phi) is 8.85. The molecule has 0 heterocycles. The molecule has 0 aromatic heterocycles.